The number of aliphatic hydroxyl groups is 1. The minimum absolute atomic E-state index is 0.524. The predicted octanol–water partition coefficient (Wildman–Crippen LogP) is 2.63. The van der Waals surface area contributed by atoms with Crippen LogP contribution in [-0.4, -0.2) is 35.8 Å². The number of nitrogens with zero attached hydrogens (tertiary/aromatic N) is 2. The second-order valence-electron chi connectivity index (χ2n) is 6.45. The number of aryl methyl sites for hydroxylation is 1. The first kappa shape index (κ1) is 16.2. The summed E-state index contributed by atoms with van der Waals surface area (Å²) >= 11 is 0. The molecule has 1 fully saturated rings. The van der Waals surface area contributed by atoms with Crippen LogP contribution in [0.1, 0.15) is 50.2 Å². The van der Waals surface area contributed by atoms with E-state index in [9.17, 15) is 5.11 Å². The van der Waals surface area contributed by atoms with Gasteiger partial charge in [-0.15, -0.1) is 0 Å². The Morgan fingerprint density at radius 1 is 1.38 bits per heavy atom. The van der Waals surface area contributed by atoms with Gasteiger partial charge in [0.15, 0.2) is 0 Å². The maximum absolute atomic E-state index is 10.5. The summed E-state index contributed by atoms with van der Waals surface area (Å²) in [5.74, 6) is 0.981. The van der Waals surface area contributed by atoms with E-state index in [2.05, 4.69) is 35.1 Å². The molecule has 1 saturated carbocycles. The van der Waals surface area contributed by atoms with E-state index < -0.39 is 5.60 Å². The van der Waals surface area contributed by atoms with Gasteiger partial charge < -0.3 is 15.3 Å². The summed E-state index contributed by atoms with van der Waals surface area (Å²) in [4.78, 5) is 6.71. The summed E-state index contributed by atoms with van der Waals surface area (Å²) in [6.07, 6.45) is 7.19. The molecule has 0 saturated heterocycles. The highest BCUT2D eigenvalue weighted by Gasteiger charge is 2.32. The summed E-state index contributed by atoms with van der Waals surface area (Å²) in [5, 5.41) is 13.9. The van der Waals surface area contributed by atoms with Gasteiger partial charge in [0.2, 0.25) is 0 Å². The number of likely N-dealkylation sites (N-methyl/N-ethyl adjacent to an activating group) is 1. The average molecular weight is 291 g/mol. The molecule has 0 radical (unpaired) electrons. The molecule has 0 atom stereocenters. The van der Waals surface area contributed by atoms with Crippen molar-refractivity contribution in [1.29, 1.82) is 0 Å². The smallest absolute Gasteiger partial charge is 0.131 e. The standard InChI is InChI=1S/C17H29N3O/c1-4-9-18-11-15-10-14(2)16(19-12-15)20(3)13-17(21)7-5-6-8-17/h10,12,18,21H,4-9,11,13H2,1-3H3. The van der Waals surface area contributed by atoms with Crippen molar-refractivity contribution in [3.63, 3.8) is 0 Å². The molecule has 2 N–H and O–H groups in total. The third-order valence-electron chi connectivity index (χ3n) is 4.29. The van der Waals surface area contributed by atoms with Gasteiger partial charge in [0, 0.05) is 26.3 Å². The van der Waals surface area contributed by atoms with Crippen molar-refractivity contribution in [3.05, 3.63) is 23.4 Å². The van der Waals surface area contributed by atoms with Gasteiger partial charge in [-0.05, 0) is 49.9 Å². The highest BCUT2D eigenvalue weighted by molar-refractivity contribution is 5.47. The molecule has 0 bridgehead atoms. The van der Waals surface area contributed by atoms with Crippen LogP contribution in [0.4, 0.5) is 5.82 Å². The van der Waals surface area contributed by atoms with Gasteiger partial charge in [0.1, 0.15) is 5.82 Å². The molecule has 1 aromatic rings. The Kier molecular flexibility index (Phi) is 5.59. The van der Waals surface area contributed by atoms with E-state index in [1.165, 1.54) is 11.1 Å². The fourth-order valence-corrected chi connectivity index (χ4v) is 3.24. The molecule has 21 heavy (non-hydrogen) atoms. The molecule has 0 aliphatic heterocycles. The van der Waals surface area contributed by atoms with Crippen LogP contribution in [0.15, 0.2) is 12.3 Å². The lowest BCUT2D eigenvalue weighted by molar-refractivity contribution is 0.0558. The fourth-order valence-electron chi connectivity index (χ4n) is 3.24. The van der Waals surface area contributed by atoms with Crippen LogP contribution in [0.3, 0.4) is 0 Å². The quantitative estimate of drug-likeness (QED) is 0.758. The van der Waals surface area contributed by atoms with Crippen LogP contribution in [-0.2, 0) is 6.54 Å². The lowest BCUT2D eigenvalue weighted by Crippen LogP contribution is -2.39. The number of rotatable bonds is 7. The van der Waals surface area contributed by atoms with Crippen molar-refractivity contribution >= 4 is 5.82 Å². The summed E-state index contributed by atoms with van der Waals surface area (Å²) in [6, 6.07) is 2.19. The number of aromatic nitrogens is 1. The number of anilines is 1. The number of nitrogens with one attached hydrogen (secondary N) is 1. The second-order valence-corrected chi connectivity index (χ2v) is 6.45. The maximum Gasteiger partial charge on any atom is 0.131 e. The molecule has 4 nitrogen and oxygen atoms in total. The molecular formula is C17H29N3O. The van der Waals surface area contributed by atoms with E-state index in [1.807, 2.05) is 13.2 Å². The first-order chi connectivity index (χ1) is 10.0. The zero-order chi connectivity index (χ0) is 15.3. The van der Waals surface area contributed by atoms with Crippen molar-refractivity contribution < 1.29 is 5.11 Å². The molecule has 1 heterocycles. The van der Waals surface area contributed by atoms with Gasteiger partial charge in [0.05, 0.1) is 5.60 Å². The minimum atomic E-state index is -0.524. The van der Waals surface area contributed by atoms with Crippen LogP contribution in [0.25, 0.3) is 0 Å². The molecule has 0 amide bonds. The van der Waals surface area contributed by atoms with Gasteiger partial charge in [-0.1, -0.05) is 19.8 Å². The van der Waals surface area contributed by atoms with Crippen molar-refractivity contribution in [2.24, 2.45) is 0 Å². The van der Waals surface area contributed by atoms with Gasteiger partial charge in [-0.2, -0.15) is 0 Å². The SMILES string of the molecule is CCCNCc1cnc(N(C)CC2(O)CCCC2)c(C)c1. The Hall–Kier alpha value is -1.13. The Morgan fingerprint density at radius 2 is 2.10 bits per heavy atom. The van der Waals surface area contributed by atoms with Crippen LogP contribution < -0.4 is 10.2 Å². The number of pyridine rings is 1. The van der Waals surface area contributed by atoms with Crippen LogP contribution in [0.5, 0.6) is 0 Å². The normalized spacial score (nSPS) is 17.1. The first-order valence-electron chi connectivity index (χ1n) is 8.14. The zero-order valence-electron chi connectivity index (χ0n) is 13.7. The molecule has 4 heteroatoms. The molecule has 0 spiro atoms. The van der Waals surface area contributed by atoms with Crippen molar-refractivity contribution in [2.45, 2.75) is 58.1 Å². The molecule has 2 rings (SSSR count). The van der Waals surface area contributed by atoms with E-state index in [4.69, 9.17) is 0 Å². The van der Waals surface area contributed by atoms with Crippen LogP contribution >= 0.6 is 0 Å². The Balaban J connectivity index is 1.99. The van der Waals surface area contributed by atoms with E-state index in [0.29, 0.717) is 6.54 Å². The molecular weight excluding hydrogens is 262 g/mol. The molecule has 0 aromatic carbocycles. The molecule has 1 aliphatic rings. The number of hydrogen-bond donors (Lipinski definition) is 2. The summed E-state index contributed by atoms with van der Waals surface area (Å²) < 4.78 is 0. The third kappa shape index (κ3) is 4.42. The van der Waals surface area contributed by atoms with Gasteiger partial charge in [-0.3, -0.25) is 0 Å². The van der Waals surface area contributed by atoms with E-state index in [1.54, 1.807) is 0 Å². The van der Waals surface area contributed by atoms with Crippen LogP contribution in [0, 0.1) is 6.92 Å². The highest BCUT2D eigenvalue weighted by Crippen LogP contribution is 2.31. The van der Waals surface area contributed by atoms with E-state index >= 15 is 0 Å². The summed E-state index contributed by atoms with van der Waals surface area (Å²) in [6.45, 7) is 6.85. The average Bonchev–Trinajstić information content (AvgIpc) is 2.85. The Bertz CT molecular complexity index is 455. The second kappa shape index (κ2) is 7.23. The maximum atomic E-state index is 10.5. The topological polar surface area (TPSA) is 48.4 Å². The summed E-state index contributed by atoms with van der Waals surface area (Å²) in [5.41, 5.74) is 1.87. The third-order valence-corrected chi connectivity index (χ3v) is 4.29. The van der Waals surface area contributed by atoms with Gasteiger partial charge >= 0.3 is 0 Å². The highest BCUT2D eigenvalue weighted by atomic mass is 16.3. The van der Waals surface area contributed by atoms with Crippen molar-refractivity contribution in [1.82, 2.24) is 10.3 Å². The fraction of sp³-hybridized carbons (Fsp3) is 0.706. The lowest BCUT2D eigenvalue weighted by atomic mass is 10.0. The lowest BCUT2D eigenvalue weighted by Gasteiger charge is -2.30. The van der Waals surface area contributed by atoms with Gasteiger partial charge in [0.25, 0.3) is 0 Å². The Labute approximate surface area is 128 Å². The number of hydrogen-bond acceptors (Lipinski definition) is 4. The molecule has 1 aromatic heterocycles. The minimum Gasteiger partial charge on any atom is -0.388 e. The van der Waals surface area contributed by atoms with Crippen LogP contribution in [0.2, 0.25) is 0 Å². The summed E-state index contributed by atoms with van der Waals surface area (Å²) in [7, 11) is 2.03. The monoisotopic (exact) mass is 291 g/mol. The molecule has 0 unspecified atom stereocenters. The zero-order valence-corrected chi connectivity index (χ0v) is 13.7. The Morgan fingerprint density at radius 3 is 2.71 bits per heavy atom. The van der Waals surface area contributed by atoms with Crippen molar-refractivity contribution in [3.8, 4) is 0 Å². The van der Waals surface area contributed by atoms with E-state index in [0.717, 1.165) is 51.0 Å². The largest absolute Gasteiger partial charge is 0.388 e. The molecule has 118 valence electrons. The van der Waals surface area contributed by atoms with Gasteiger partial charge in [-0.25, -0.2) is 4.98 Å². The van der Waals surface area contributed by atoms with Crippen molar-refractivity contribution in [2.75, 3.05) is 25.0 Å². The molecule has 1 aliphatic carbocycles. The predicted molar refractivity (Wildman–Crippen MR) is 87.7 cm³/mol. The van der Waals surface area contributed by atoms with E-state index in [-0.39, 0.29) is 0 Å². The first-order valence-corrected chi connectivity index (χ1v) is 8.14.